The minimum atomic E-state index is 0.535. The molecule has 0 amide bonds. The molecule has 22 heavy (non-hydrogen) atoms. The van der Waals surface area contributed by atoms with E-state index in [-0.39, 0.29) is 0 Å². The fourth-order valence-corrected chi connectivity index (χ4v) is 5.59. The molecular formula is C18H19ClOS2. The molecule has 1 heterocycles. The highest BCUT2D eigenvalue weighted by Gasteiger charge is 2.18. The lowest BCUT2D eigenvalue weighted by atomic mass is 10.0. The second-order valence-electron chi connectivity index (χ2n) is 5.12. The third-order valence-corrected chi connectivity index (χ3v) is 6.91. The molecule has 1 nitrogen and oxygen atoms in total. The van der Waals surface area contributed by atoms with E-state index in [0.29, 0.717) is 11.2 Å². The quantitative estimate of drug-likeness (QED) is 0.642. The SMILES string of the molecule is CCOc1ccc(-c2cc(C3SCCCS3)ccc2Cl)cc1. The topological polar surface area (TPSA) is 9.23 Å². The minimum Gasteiger partial charge on any atom is -0.494 e. The Morgan fingerprint density at radius 1 is 1.09 bits per heavy atom. The number of benzene rings is 2. The molecular weight excluding hydrogens is 332 g/mol. The second-order valence-corrected chi connectivity index (χ2v) is 8.26. The Morgan fingerprint density at radius 3 is 2.50 bits per heavy atom. The van der Waals surface area contributed by atoms with Crippen LogP contribution < -0.4 is 4.74 Å². The van der Waals surface area contributed by atoms with Crippen molar-refractivity contribution in [3.8, 4) is 16.9 Å². The fraction of sp³-hybridized carbons (Fsp3) is 0.333. The highest BCUT2D eigenvalue weighted by Crippen LogP contribution is 2.45. The van der Waals surface area contributed by atoms with E-state index in [2.05, 4.69) is 24.3 Å². The van der Waals surface area contributed by atoms with E-state index in [1.165, 1.54) is 23.5 Å². The molecule has 0 aromatic heterocycles. The maximum atomic E-state index is 6.43. The summed E-state index contributed by atoms with van der Waals surface area (Å²) in [4.78, 5) is 0. The van der Waals surface area contributed by atoms with Crippen molar-refractivity contribution in [3.63, 3.8) is 0 Å². The number of rotatable bonds is 4. The van der Waals surface area contributed by atoms with Crippen LogP contribution >= 0.6 is 35.1 Å². The third-order valence-electron chi connectivity index (χ3n) is 3.57. The van der Waals surface area contributed by atoms with Crippen LogP contribution in [-0.4, -0.2) is 18.1 Å². The standard InChI is InChI=1S/C18H19ClOS2/c1-2-20-15-7-4-13(5-8-15)16-12-14(6-9-17(16)19)18-21-10-3-11-22-18/h4-9,12,18H,2-3,10-11H2,1H3. The van der Waals surface area contributed by atoms with Gasteiger partial charge in [-0.3, -0.25) is 0 Å². The largest absolute Gasteiger partial charge is 0.494 e. The summed E-state index contributed by atoms with van der Waals surface area (Å²) in [6, 6.07) is 14.6. The molecule has 0 radical (unpaired) electrons. The van der Waals surface area contributed by atoms with Gasteiger partial charge in [-0.25, -0.2) is 0 Å². The lowest BCUT2D eigenvalue weighted by Crippen LogP contribution is -2.00. The van der Waals surface area contributed by atoms with Crippen molar-refractivity contribution in [2.45, 2.75) is 17.9 Å². The van der Waals surface area contributed by atoms with Gasteiger partial charge in [0.05, 0.1) is 11.2 Å². The number of thioether (sulfide) groups is 2. The van der Waals surface area contributed by atoms with E-state index in [1.54, 1.807) is 0 Å². The van der Waals surface area contributed by atoms with Gasteiger partial charge in [0.25, 0.3) is 0 Å². The first-order valence-electron chi connectivity index (χ1n) is 7.54. The Labute approximate surface area is 145 Å². The van der Waals surface area contributed by atoms with Gasteiger partial charge in [-0.15, -0.1) is 23.5 Å². The molecule has 0 saturated carbocycles. The van der Waals surface area contributed by atoms with Crippen LogP contribution in [0, 0.1) is 0 Å². The van der Waals surface area contributed by atoms with Crippen molar-refractivity contribution in [2.75, 3.05) is 18.1 Å². The normalized spacial score (nSPS) is 15.7. The first-order chi connectivity index (χ1) is 10.8. The van der Waals surface area contributed by atoms with E-state index in [9.17, 15) is 0 Å². The van der Waals surface area contributed by atoms with Crippen LogP contribution in [0.15, 0.2) is 42.5 Å². The van der Waals surface area contributed by atoms with Gasteiger partial charge in [0.15, 0.2) is 0 Å². The Hall–Kier alpha value is -0.770. The van der Waals surface area contributed by atoms with Crippen molar-refractivity contribution in [1.29, 1.82) is 0 Å². The zero-order chi connectivity index (χ0) is 15.4. The number of hydrogen-bond donors (Lipinski definition) is 0. The summed E-state index contributed by atoms with van der Waals surface area (Å²) in [5.74, 6) is 3.40. The molecule has 4 heteroatoms. The molecule has 116 valence electrons. The Bertz CT molecular complexity index is 621. The summed E-state index contributed by atoms with van der Waals surface area (Å²) in [7, 11) is 0. The molecule has 2 aromatic carbocycles. The highest BCUT2D eigenvalue weighted by atomic mass is 35.5. The monoisotopic (exact) mass is 350 g/mol. The average molecular weight is 351 g/mol. The summed E-state index contributed by atoms with van der Waals surface area (Å²) >= 11 is 10.5. The van der Waals surface area contributed by atoms with Crippen LogP contribution in [0.5, 0.6) is 5.75 Å². The van der Waals surface area contributed by atoms with Crippen LogP contribution in [0.3, 0.4) is 0 Å². The molecule has 3 rings (SSSR count). The molecule has 0 aliphatic carbocycles. The maximum Gasteiger partial charge on any atom is 0.119 e. The molecule has 1 aliphatic rings. The first-order valence-corrected chi connectivity index (χ1v) is 10.0. The van der Waals surface area contributed by atoms with Crippen LogP contribution in [0.2, 0.25) is 5.02 Å². The summed E-state index contributed by atoms with van der Waals surface area (Å²) in [5.41, 5.74) is 3.61. The van der Waals surface area contributed by atoms with E-state index in [1.807, 2.05) is 48.6 Å². The Balaban J connectivity index is 1.88. The Morgan fingerprint density at radius 2 is 1.82 bits per heavy atom. The van der Waals surface area contributed by atoms with E-state index in [4.69, 9.17) is 16.3 Å². The van der Waals surface area contributed by atoms with Crippen molar-refractivity contribution in [1.82, 2.24) is 0 Å². The Kier molecular flexibility index (Phi) is 5.61. The maximum absolute atomic E-state index is 6.43. The van der Waals surface area contributed by atoms with Gasteiger partial charge in [0.1, 0.15) is 5.75 Å². The molecule has 1 fully saturated rings. The zero-order valence-corrected chi connectivity index (χ0v) is 14.9. The van der Waals surface area contributed by atoms with Gasteiger partial charge >= 0.3 is 0 Å². The summed E-state index contributed by atoms with van der Waals surface area (Å²) in [6.45, 7) is 2.68. The van der Waals surface area contributed by atoms with Crippen LogP contribution in [0.4, 0.5) is 0 Å². The number of ether oxygens (including phenoxy) is 1. The van der Waals surface area contributed by atoms with Gasteiger partial charge in [-0.2, -0.15) is 0 Å². The minimum absolute atomic E-state index is 0.535. The molecule has 0 unspecified atom stereocenters. The predicted molar refractivity (Wildman–Crippen MR) is 100 cm³/mol. The van der Waals surface area contributed by atoms with Crippen LogP contribution in [-0.2, 0) is 0 Å². The molecule has 0 atom stereocenters. The van der Waals surface area contributed by atoms with Crippen LogP contribution in [0.1, 0.15) is 23.5 Å². The molecule has 0 N–H and O–H groups in total. The smallest absolute Gasteiger partial charge is 0.119 e. The highest BCUT2D eigenvalue weighted by molar-refractivity contribution is 8.16. The van der Waals surface area contributed by atoms with Gasteiger partial charge in [-0.05, 0) is 60.2 Å². The van der Waals surface area contributed by atoms with Gasteiger partial charge in [-0.1, -0.05) is 29.8 Å². The summed E-state index contributed by atoms with van der Waals surface area (Å²) in [6.07, 6.45) is 1.31. The molecule has 0 bridgehead atoms. The van der Waals surface area contributed by atoms with Gasteiger partial charge in [0, 0.05) is 10.6 Å². The molecule has 2 aromatic rings. The average Bonchev–Trinajstić information content (AvgIpc) is 2.57. The van der Waals surface area contributed by atoms with Gasteiger partial charge < -0.3 is 4.74 Å². The zero-order valence-electron chi connectivity index (χ0n) is 12.5. The van der Waals surface area contributed by atoms with Gasteiger partial charge in [0.2, 0.25) is 0 Å². The van der Waals surface area contributed by atoms with Crippen molar-refractivity contribution in [3.05, 3.63) is 53.1 Å². The van der Waals surface area contributed by atoms with Crippen molar-refractivity contribution in [2.24, 2.45) is 0 Å². The first kappa shape index (κ1) is 16.1. The summed E-state index contributed by atoms with van der Waals surface area (Å²) in [5, 5.41) is 0.804. The van der Waals surface area contributed by atoms with E-state index >= 15 is 0 Å². The summed E-state index contributed by atoms with van der Waals surface area (Å²) < 4.78 is 6.04. The fourth-order valence-electron chi connectivity index (χ4n) is 2.49. The lowest BCUT2D eigenvalue weighted by Gasteiger charge is -2.22. The van der Waals surface area contributed by atoms with E-state index in [0.717, 1.165) is 21.9 Å². The van der Waals surface area contributed by atoms with Crippen molar-refractivity contribution >= 4 is 35.1 Å². The number of hydrogen-bond acceptors (Lipinski definition) is 3. The molecule has 1 aliphatic heterocycles. The molecule has 1 saturated heterocycles. The number of halogens is 1. The van der Waals surface area contributed by atoms with Crippen molar-refractivity contribution < 1.29 is 4.74 Å². The third kappa shape index (κ3) is 3.76. The lowest BCUT2D eigenvalue weighted by molar-refractivity contribution is 0.340. The molecule has 0 spiro atoms. The van der Waals surface area contributed by atoms with E-state index < -0.39 is 0 Å². The van der Waals surface area contributed by atoms with Crippen LogP contribution in [0.25, 0.3) is 11.1 Å². The second kappa shape index (κ2) is 7.67. The predicted octanol–water partition coefficient (Wildman–Crippen LogP) is 6.27.